The molecular weight excluding hydrogens is 378 g/mol. The third kappa shape index (κ3) is 3.30. The van der Waals surface area contributed by atoms with E-state index < -0.39 is 11.5 Å². The van der Waals surface area contributed by atoms with Crippen LogP contribution in [0.25, 0.3) is 0 Å². The van der Waals surface area contributed by atoms with Crippen molar-refractivity contribution in [3.8, 4) is 0 Å². The first-order valence-corrected chi connectivity index (χ1v) is 10.2. The zero-order valence-electron chi connectivity index (χ0n) is 17.3. The highest BCUT2D eigenvalue weighted by Crippen LogP contribution is 2.41. The molecule has 0 aliphatic carbocycles. The third-order valence-electron chi connectivity index (χ3n) is 6.22. The lowest BCUT2D eigenvalue weighted by molar-refractivity contribution is -0.131. The maximum atomic E-state index is 13.3. The van der Waals surface area contributed by atoms with Crippen molar-refractivity contribution >= 4 is 29.1 Å². The van der Waals surface area contributed by atoms with Crippen LogP contribution in [0.5, 0.6) is 0 Å². The average molecular weight is 406 g/mol. The molecule has 0 radical (unpaired) electrons. The molecule has 0 saturated carbocycles. The lowest BCUT2D eigenvalue weighted by Gasteiger charge is -2.46. The van der Waals surface area contributed by atoms with Gasteiger partial charge in [0.2, 0.25) is 11.8 Å². The van der Waals surface area contributed by atoms with E-state index >= 15 is 0 Å². The molecule has 2 aromatic rings. The molecule has 2 amide bonds. The van der Waals surface area contributed by atoms with E-state index in [1.807, 2.05) is 54.3 Å². The number of nitrogens with zero attached hydrogens (tertiary/aromatic N) is 2. The minimum absolute atomic E-state index is 0.0525. The van der Waals surface area contributed by atoms with Crippen LogP contribution in [-0.2, 0) is 15.1 Å². The van der Waals surface area contributed by atoms with Crippen LogP contribution in [0.4, 0.5) is 11.4 Å². The molecule has 2 atom stereocenters. The van der Waals surface area contributed by atoms with Crippen molar-refractivity contribution in [1.82, 2.24) is 10.2 Å². The molecule has 7 heteroatoms. The van der Waals surface area contributed by atoms with Crippen LogP contribution in [0, 0.1) is 5.41 Å². The van der Waals surface area contributed by atoms with Crippen LogP contribution >= 0.6 is 0 Å². The first-order chi connectivity index (χ1) is 14.3. The van der Waals surface area contributed by atoms with Crippen LogP contribution in [-0.4, -0.2) is 36.3 Å². The lowest BCUT2D eigenvalue weighted by Crippen LogP contribution is -2.62. The van der Waals surface area contributed by atoms with Gasteiger partial charge in [0.25, 0.3) is 0 Å². The number of benzene rings is 2. The fourth-order valence-electron chi connectivity index (χ4n) is 4.45. The smallest absolute Gasteiger partial charge is 0.239 e. The molecule has 2 fully saturated rings. The molecule has 0 unspecified atom stereocenters. The highest BCUT2D eigenvalue weighted by atomic mass is 16.2. The van der Waals surface area contributed by atoms with Crippen molar-refractivity contribution < 1.29 is 9.59 Å². The molecule has 30 heavy (non-hydrogen) atoms. The Morgan fingerprint density at radius 3 is 2.53 bits per heavy atom. The normalized spacial score (nSPS) is 24.7. The van der Waals surface area contributed by atoms with E-state index in [2.05, 4.69) is 5.32 Å². The van der Waals surface area contributed by atoms with E-state index in [0.717, 1.165) is 36.2 Å². The topological polar surface area (TPSA) is 103 Å². The number of hydrogen-bond acceptors (Lipinski definition) is 4. The summed E-state index contributed by atoms with van der Waals surface area (Å²) in [7, 11) is 1.60. The third-order valence-corrected chi connectivity index (χ3v) is 6.22. The molecule has 7 nitrogen and oxygen atoms in total. The number of likely N-dealkylation sites (N-methyl/N-ethyl adjacent to an activating group) is 1. The highest BCUT2D eigenvalue weighted by molar-refractivity contribution is 6.03. The number of amides is 2. The van der Waals surface area contributed by atoms with Gasteiger partial charge < -0.3 is 16.0 Å². The van der Waals surface area contributed by atoms with Gasteiger partial charge in [-0.1, -0.05) is 24.3 Å². The van der Waals surface area contributed by atoms with Gasteiger partial charge in [0.15, 0.2) is 5.96 Å². The van der Waals surface area contributed by atoms with Gasteiger partial charge in [-0.05, 0) is 55.2 Å². The maximum absolute atomic E-state index is 13.3. The minimum atomic E-state index is -0.835. The molecule has 2 aliphatic heterocycles. The second-order valence-corrected chi connectivity index (χ2v) is 8.23. The van der Waals surface area contributed by atoms with Gasteiger partial charge in [0, 0.05) is 31.4 Å². The Kier molecular flexibility index (Phi) is 4.97. The minimum Gasteiger partial charge on any atom is -0.399 e. The summed E-state index contributed by atoms with van der Waals surface area (Å²) in [5, 5.41) is 11.5. The molecule has 156 valence electrons. The predicted octanol–water partition coefficient (Wildman–Crippen LogP) is 2.78. The molecule has 4 N–H and O–H groups in total. The fraction of sp³-hybridized carbons (Fsp3) is 0.348. The summed E-state index contributed by atoms with van der Waals surface area (Å²) in [6.07, 6.45) is 2.51. The van der Waals surface area contributed by atoms with Gasteiger partial charge in [-0.3, -0.25) is 19.9 Å². The quantitative estimate of drug-likeness (QED) is 0.683. The number of carbonyl (C=O) groups excluding carboxylic acids is 2. The Morgan fingerprint density at radius 1 is 1.13 bits per heavy atom. The summed E-state index contributed by atoms with van der Waals surface area (Å²) in [6.45, 7) is 2.65. The van der Waals surface area contributed by atoms with Gasteiger partial charge in [-0.15, -0.1) is 0 Å². The molecule has 2 heterocycles. The van der Waals surface area contributed by atoms with Crippen molar-refractivity contribution in [2.75, 3.05) is 24.2 Å². The van der Waals surface area contributed by atoms with Crippen molar-refractivity contribution in [3.63, 3.8) is 0 Å². The fourth-order valence-corrected chi connectivity index (χ4v) is 4.45. The maximum Gasteiger partial charge on any atom is 0.239 e. The van der Waals surface area contributed by atoms with E-state index in [0.29, 0.717) is 12.1 Å². The summed E-state index contributed by atoms with van der Waals surface area (Å²) in [5.74, 6) is -0.520. The van der Waals surface area contributed by atoms with Gasteiger partial charge in [0.1, 0.15) is 0 Å². The summed E-state index contributed by atoms with van der Waals surface area (Å²) in [6, 6.07) is 15.1. The average Bonchev–Trinajstić information content (AvgIpc) is 2.73. The Morgan fingerprint density at radius 2 is 1.87 bits per heavy atom. The molecule has 0 bridgehead atoms. The molecular formula is C23H27N5O2. The molecule has 2 aliphatic rings. The predicted molar refractivity (Wildman–Crippen MR) is 117 cm³/mol. The Labute approximate surface area is 176 Å². The second kappa shape index (κ2) is 7.48. The van der Waals surface area contributed by atoms with Crippen molar-refractivity contribution in [2.45, 2.75) is 37.6 Å². The van der Waals surface area contributed by atoms with Crippen molar-refractivity contribution in [3.05, 3.63) is 59.7 Å². The van der Waals surface area contributed by atoms with Crippen molar-refractivity contribution in [1.29, 1.82) is 5.41 Å². The largest absolute Gasteiger partial charge is 0.399 e. The zero-order chi connectivity index (χ0) is 21.5. The summed E-state index contributed by atoms with van der Waals surface area (Å²) >= 11 is 0. The SMILES string of the molecule is CN1C(=N)N[C@](C)(c2cccc(N)c2)[C@@H](c2ccc(N3CCCCC3=O)cc2)C1=O. The summed E-state index contributed by atoms with van der Waals surface area (Å²) in [5.41, 5.74) is 8.29. The molecule has 0 spiro atoms. The summed E-state index contributed by atoms with van der Waals surface area (Å²) in [4.78, 5) is 28.7. The Hall–Kier alpha value is -3.35. The number of guanidine groups is 1. The van der Waals surface area contributed by atoms with E-state index in [1.54, 1.807) is 13.1 Å². The standard InChI is InChI=1S/C23H27N5O2/c1-23(16-6-5-7-17(24)14-16)20(21(30)27(2)22(25)26-23)15-9-11-18(12-10-15)28-13-4-3-8-19(28)29/h5-7,9-12,14,20H,3-4,8,13,24H2,1-2H3,(H2,25,26)/t20-,23+/m0/s1. The number of anilines is 2. The number of nitrogen functional groups attached to an aromatic ring is 1. The van der Waals surface area contributed by atoms with Gasteiger partial charge in [-0.2, -0.15) is 0 Å². The van der Waals surface area contributed by atoms with Gasteiger partial charge in [0.05, 0.1) is 11.5 Å². The zero-order valence-corrected chi connectivity index (χ0v) is 17.3. The number of rotatable bonds is 3. The van der Waals surface area contributed by atoms with E-state index in [1.165, 1.54) is 4.90 Å². The Bertz CT molecular complexity index is 1000. The Balaban J connectivity index is 1.74. The number of carbonyl (C=O) groups is 2. The monoisotopic (exact) mass is 405 g/mol. The number of nitrogens with one attached hydrogen (secondary N) is 2. The first-order valence-electron chi connectivity index (χ1n) is 10.2. The number of piperidine rings is 1. The summed E-state index contributed by atoms with van der Waals surface area (Å²) < 4.78 is 0. The highest BCUT2D eigenvalue weighted by Gasteiger charge is 2.48. The van der Waals surface area contributed by atoms with Crippen LogP contribution in [0.3, 0.4) is 0 Å². The number of hydrogen-bond donors (Lipinski definition) is 3. The second-order valence-electron chi connectivity index (χ2n) is 8.23. The van der Waals surface area contributed by atoms with Crippen LogP contribution < -0.4 is 16.0 Å². The van der Waals surface area contributed by atoms with Gasteiger partial charge >= 0.3 is 0 Å². The molecule has 0 aromatic heterocycles. The van der Waals surface area contributed by atoms with E-state index in [4.69, 9.17) is 11.1 Å². The van der Waals surface area contributed by atoms with Crippen molar-refractivity contribution in [2.24, 2.45) is 0 Å². The van der Waals surface area contributed by atoms with Crippen LogP contribution in [0.1, 0.15) is 43.2 Å². The van der Waals surface area contributed by atoms with E-state index in [9.17, 15) is 9.59 Å². The lowest BCUT2D eigenvalue weighted by atomic mass is 9.73. The molecule has 2 aromatic carbocycles. The van der Waals surface area contributed by atoms with Crippen LogP contribution in [0.2, 0.25) is 0 Å². The molecule has 2 saturated heterocycles. The van der Waals surface area contributed by atoms with Crippen LogP contribution in [0.15, 0.2) is 48.5 Å². The van der Waals surface area contributed by atoms with E-state index in [-0.39, 0.29) is 17.8 Å². The number of nitrogens with two attached hydrogens (primary N) is 1. The first kappa shape index (κ1) is 19.9. The molecule has 4 rings (SSSR count). The van der Waals surface area contributed by atoms with Gasteiger partial charge in [-0.25, -0.2) is 0 Å².